The van der Waals surface area contributed by atoms with Crippen molar-refractivity contribution in [3.05, 3.63) is 18.6 Å². The van der Waals surface area contributed by atoms with Gasteiger partial charge in [-0.2, -0.15) is 0 Å². The van der Waals surface area contributed by atoms with Gasteiger partial charge >= 0.3 is 0 Å². The van der Waals surface area contributed by atoms with Crippen LogP contribution in [0.1, 0.15) is 20.3 Å². The number of nitrogens with one attached hydrogen (secondary N) is 1. The Hall–Kier alpha value is -1.14. The summed E-state index contributed by atoms with van der Waals surface area (Å²) in [5.41, 5.74) is 4.73. The van der Waals surface area contributed by atoms with E-state index in [0.29, 0.717) is 5.75 Å². The molecule has 0 aliphatic heterocycles. The summed E-state index contributed by atoms with van der Waals surface area (Å²) in [5.74, 6) is 0.215. The van der Waals surface area contributed by atoms with Crippen LogP contribution in [0.25, 0.3) is 0 Å². The SMILES string of the molecule is CCCNC(C)(CSc1ccncn1)C(N)=O. The molecule has 1 aromatic rings. The second-order valence-electron chi connectivity index (χ2n) is 3.96. The highest BCUT2D eigenvalue weighted by molar-refractivity contribution is 7.99. The number of aromatic nitrogens is 2. The number of amides is 1. The van der Waals surface area contributed by atoms with E-state index >= 15 is 0 Å². The van der Waals surface area contributed by atoms with Gasteiger partial charge in [0.05, 0.1) is 5.03 Å². The highest BCUT2D eigenvalue weighted by Gasteiger charge is 2.30. The fraction of sp³-hybridized carbons (Fsp3) is 0.545. The number of carbonyl (C=O) groups excluding carboxylic acids is 1. The van der Waals surface area contributed by atoms with Crippen LogP contribution in [-0.2, 0) is 4.79 Å². The molecule has 1 heterocycles. The fourth-order valence-electron chi connectivity index (χ4n) is 1.19. The summed E-state index contributed by atoms with van der Waals surface area (Å²) >= 11 is 1.49. The lowest BCUT2D eigenvalue weighted by Crippen LogP contribution is -2.55. The Morgan fingerprint density at radius 2 is 2.41 bits per heavy atom. The number of thioether (sulfide) groups is 1. The predicted molar refractivity (Wildman–Crippen MR) is 68.6 cm³/mol. The van der Waals surface area contributed by atoms with Gasteiger partial charge in [0.25, 0.3) is 0 Å². The molecule has 0 aromatic carbocycles. The van der Waals surface area contributed by atoms with Crippen LogP contribution >= 0.6 is 11.8 Å². The fourth-order valence-corrected chi connectivity index (χ4v) is 2.15. The molecule has 0 fully saturated rings. The number of primary amides is 1. The minimum absolute atomic E-state index is 0.340. The smallest absolute Gasteiger partial charge is 0.238 e. The lowest BCUT2D eigenvalue weighted by Gasteiger charge is -2.26. The van der Waals surface area contributed by atoms with Gasteiger partial charge in [-0.3, -0.25) is 4.79 Å². The van der Waals surface area contributed by atoms with Crippen LogP contribution in [-0.4, -0.2) is 33.7 Å². The van der Waals surface area contributed by atoms with E-state index in [1.54, 1.807) is 6.20 Å². The van der Waals surface area contributed by atoms with Gasteiger partial charge < -0.3 is 11.1 Å². The van der Waals surface area contributed by atoms with Crippen molar-refractivity contribution in [2.45, 2.75) is 30.8 Å². The van der Waals surface area contributed by atoms with Gasteiger partial charge in [-0.25, -0.2) is 9.97 Å². The third kappa shape index (κ3) is 4.32. The first-order chi connectivity index (χ1) is 8.08. The Balaban J connectivity index is 2.58. The normalized spacial score (nSPS) is 14.2. The predicted octanol–water partition coefficient (Wildman–Crippen LogP) is 0.812. The van der Waals surface area contributed by atoms with Gasteiger partial charge in [-0.15, -0.1) is 11.8 Å². The third-order valence-electron chi connectivity index (χ3n) is 2.37. The molecular formula is C11H18N4OS. The second kappa shape index (κ2) is 6.56. The van der Waals surface area contributed by atoms with Crippen LogP contribution in [0.15, 0.2) is 23.6 Å². The summed E-state index contributed by atoms with van der Waals surface area (Å²) in [4.78, 5) is 19.4. The van der Waals surface area contributed by atoms with Crippen molar-refractivity contribution in [3.63, 3.8) is 0 Å². The van der Waals surface area contributed by atoms with Crippen molar-refractivity contribution in [1.29, 1.82) is 0 Å². The summed E-state index contributed by atoms with van der Waals surface area (Å²) < 4.78 is 0. The van der Waals surface area contributed by atoms with Crippen LogP contribution in [0.5, 0.6) is 0 Å². The summed E-state index contributed by atoms with van der Waals surface area (Å²) in [5, 5.41) is 4.02. The van der Waals surface area contributed by atoms with Gasteiger partial charge in [-0.05, 0) is 26.0 Å². The maximum atomic E-state index is 11.5. The number of hydrogen-bond acceptors (Lipinski definition) is 5. The first kappa shape index (κ1) is 13.9. The molecule has 94 valence electrons. The quantitative estimate of drug-likeness (QED) is 0.556. The summed E-state index contributed by atoms with van der Waals surface area (Å²) in [6.45, 7) is 4.63. The number of hydrogen-bond donors (Lipinski definition) is 2. The molecule has 0 saturated heterocycles. The first-order valence-corrected chi connectivity index (χ1v) is 6.51. The van der Waals surface area contributed by atoms with Gasteiger partial charge in [0.2, 0.25) is 5.91 Å². The van der Waals surface area contributed by atoms with Crippen LogP contribution in [0.3, 0.4) is 0 Å². The van der Waals surface area contributed by atoms with E-state index < -0.39 is 5.54 Å². The molecule has 1 atom stereocenters. The van der Waals surface area contributed by atoms with Crippen molar-refractivity contribution in [2.75, 3.05) is 12.3 Å². The molecule has 17 heavy (non-hydrogen) atoms. The zero-order valence-corrected chi connectivity index (χ0v) is 11.0. The van der Waals surface area contributed by atoms with E-state index in [1.165, 1.54) is 18.1 Å². The van der Waals surface area contributed by atoms with Gasteiger partial charge in [0.1, 0.15) is 11.9 Å². The zero-order valence-electron chi connectivity index (χ0n) is 10.1. The standard InChI is InChI=1S/C11H18N4OS/c1-3-5-15-11(2,10(12)16)7-17-9-4-6-13-8-14-9/h4,6,8,15H,3,5,7H2,1-2H3,(H2,12,16). The molecule has 0 aliphatic rings. The van der Waals surface area contributed by atoms with Gasteiger partial charge in [0.15, 0.2) is 0 Å². The Bertz CT molecular complexity index is 360. The summed E-state index contributed by atoms with van der Waals surface area (Å²) in [6, 6.07) is 1.81. The number of carbonyl (C=O) groups is 1. The van der Waals surface area contributed by atoms with Crippen molar-refractivity contribution in [3.8, 4) is 0 Å². The van der Waals surface area contributed by atoms with E-state index in [0.717, 1.165) is 18.0 Å². The highest BCUT2D eigenvalue weighted by Crippen LogP contribution is 2.20. The minimum atomic E-state index is -0.703. The van der Waals surface area contributed by atoms with Crippen molar-refractivity contribution >= 4 is 17.7 Å². The van der Waals surface area contributed by atoms with E-state index in [1.807, 2.05) is 19.9 Å². The Kier molecular flexibility index (Phi) is 5.37. The molecule has 3 N–H and O–H groups in total. The van der Waals surface area contributed by atoms with Crippen LogP contribution in [0.4, 0.5) is 0 Å². The van der Waals surface area contributed by atoms with Crippen molar-refractivity contribution in [1.82, 2.24) is 15.3 Å². The minimum Gasteiger partial charge on any atom is -0.368 e. The molecule has 1 aromatic heterocycles. The molecule has 1 unspecified atom stereocenters. The molecule has 0 saturated carbocycles. The molecule has 6 heteroatoms. The molecule has 0 spiro atoms. The average molecular weight is 254 g/mol. The largest absolute Gasteiger partial charge is 0.368 e. The van der Waals surface area contributed by atoms with E-state index in [2.05, 4.69) is 15.3 Å². The second-order valence-corrected chi connectivity index (χ2v) is 4.96. The Morgan fingerprint density at radius 1 is 1.65 bits per heavy atom. The van der Waals surface area contributed by atoms with Gasteiger partial charge in [0, 0.05) is 11.9 Å². The molecule has 1 rings (SSSR count). The van der Waals surface area contributed by atoms with Crippen molar-refractivity contribution < 1.29 is 4.79 Å². The number of nitrogens with zero attached hydrogens (tertiary/aromatic N) is 2. The first-order valence-electron chi connectivity index (χ1n) is 5.52. The maximum Gasteiger partial charge on any atom is 0.238 e. The monoisotopic (exact) mass is 254 g/mol. The molecule has 0 bridgehead atoms. The molecule has 5 nitrogen and oxygen atoms in total. The Labute approximate surface area is 106 Å². The van der Waals surface area contributed by atoms with E-state index in [4.69, 9.17) is 5.73 Å². The highest BCUT2D eigenvalue weighted by atomic mass is 32.2. The zero-order chi connectivity index (χ0) is 12.7. The third-order valence-corrected chi connectivity index (χ3v) is 3.63. The van der Waals surface area contributed by atoms with E-state index in [-0.39, 0.29) is 5.91 Å². The van der Waals surface area contributed by atoms with Crippen LogP contribution < -0.4 is 11.1 Å². The van der Waals surface area contributed by atoms with Crippen LogP contribution in [0.2, 0.25) is 0 Å². The average Bonchev–Trinajstić information content (AvgIpc) is 2.35. The molecule has 1 amide bonds. The molecular weight excluding hydrogens is 236 g/mol. The van der Waals surface area contributed by atoms with Crippen molar-refractivity contribution in [2.24, 2.45) is 5.73 Å². The van der Waals surface area contributed by atoms with Gasteiger partial charge in [-0.1, -0.05) is 6.92 Å². The van der Waals surface area contributed by atoms with Crippen LogP contribution in [0, 0.1) is 0 Å². The van der Waals surface area contributed by atoms with E-state index in [9.17, 15) is 4.79 Å². The maximum absolute atomic E-state index is 11.5. The molecule has 0 radical (unpaired) electrons. The number of rotatable bonds is 7. The summed E-state index contributed by atoms with van der Waals surface area (Å²) in [7, 11) is 0. The topological polar surface area (TPSA) is 80.9 Å². The lowest BCUT2D eigenvalue weighted by molar-refractivity contribution is -0.122. The molecule has 0 aliphatic carbocycles. The lowest BCUT2D eigenvalue weighted by atomic mass is 10.1. The number of nitrogens with two attached hydrogens (primary N) is 1. The summed E-state index contributed by atoms with van der Waals surface area (Å²) in [6.07, 6.45) is 4.13. The Morgan fingerprint density at radius 3 is 2.94 bits per heavy atom.